The first-order valence-corrected chi connectivity index (χ1v) is 18.3. The number of fused-ring (bicyclic) bond motifs is 1. The highest BCUT2D eigenvalue weighted by Gasteiger charge is 2.37. The number of aromatic amines is 2. The van der Waals surface area contributed by atoms with Crippen molar-refractivity contribution in [2.75, 3.05) is 20.2 Å². The van der Waals surface area contributed by atoms with E-state index in [0.29, 0.717) is 65.9 Å². The second-order valence-electron chi connectivity index (χ2n) is 14.4. The third-order valence-corrected chi connectivity index (χ3v) is 9.61. The number of methoxy groups -OCH3 is 1. The van der Waals surface area contributed by atoms with E-state index < -0.39 is 18.0 Å². The SMILES string of the molecule is CCCN(Cc1ncc(-c2ccc(-c3cc4cc(-c5cnc([C@@H]6CCCN6C(=O)[C@@H](NC(=O)OC)C(C)C)[nH]5)ccc4o3)cc2F)[nH]1)C(=O)CC(C)C. The highest BCUT2D eigenvalue weighted by Crippen LogP contribution is 2.35. The summed E-state index contributed by atoms with van der Waals surface area (Å²) in [4.78, 5) is 57.5. The fraction of sp³-hybridized carbons (Fsp3) is 0.425. The topological polar surface area (TPSA) is 149 Å². The van der Waals surface area contributed by atoms with E-state index in [9.17, 15) is 14.4 Å². The van der Waals surface area contributed by atoms with Crippen molar-refractivity contribution >= 4 is 28.9 Å². The van der Waals surface area contributed by atoms with Crippen molar-refractivity contribution in [3.63, 3.8) is 0 Å². The van der Waals surface area contributed by atoms with Crippen LogP contribution in [0.2, 0.25) is 0 Å². The minimum atomic E-state index is -0.711. The average molecular weight is 726 g/mol. The fourth-order valence-electron chi connectivity index (χ4n) is 6.89. The number of hydrogen-bond donors (Lipinski definition) is 3. The molecule has 0 spiro atoms. The Labute approximate surface area is 308 Å². The number of ether oxygens (including phenoxy) is 1. The third kappa shape index (κ3) is 8.29. The van der Waals surface area contributed by atoms with Gasteiger partial charge in [0.15, 0.2) is 0 Å². The van der Waals surface area contributed by atoms with Gasteiger partial charge in [0.05, 0.1) is 43.5 Å². The minimum absolute atomic E-state index is 0.0824. The van der Waals surface area contributed by atoms with Crippen molar-refractivity contribution in [2.45, 2.75) is 78.9 Å². The Hall–Kier alpha value is -5.46. The van der Waals surface area contributed by atoms with Gasteiger partial charge in [-0.25, -0.2) is 19.2 Å². The monoisotopic (exact) mass is 725 g/mol. The summed E-state index contributed by atoms with van der Waals surface area (Å²) in [6.07, 6.45) is 5.59. The molecule has 13 heteroatoms. The van der Waals surface area contributed by atoms with Gasteiger partial charge in [0.1, 0.15) is 34.9 Å². The number of H-pyrrole nitrogens is 2. The molecular weight excluding hydrogens is 677 g/mol. The molecule has 4 heterocycles. The van der Waals surface area contributed by atoms with Crippen molar-refractivity contribution in [2.24, 2.45) is 11.8 Å². The van der Waals surface area contributed by atoms with Gasteiger partial charge in [0.2, 0.25) is 11.8 Å². The smallest absolute Gasteiger partial charge is 0.407 e. The molecule has 1 fully saturated rings. The van der Waals surface area contributed by atoms with Crippen molar-refractivity contribution < 1.29 is 27.9 Å². The fourth-order valence-corrected chi connectivity index (χ4v) is 6.89. The molecule has 1 aliphatic heterocycles. The summed E-state index contributed by atoms with van der Waals surface area (Å²) in [6, 6.07) is 11.7. The first kappa shape index (κ1) is 37.3. The van der Waals surface area contributed by atoms with Crippen molar-refractivity contribution in [3.8, 4) is 33.8 Å². The standard InChI is InChI=1S/C40H48FN7O5/c1-7-14-47(36(49)16-23(2)3)22-35-42-21-31(44-35)28-12-10-26(18-29(28)41)34-19-27-17-25(11-13-33(27)53-34)30-20-43-38(45-30)32-9-8-15-48(32)39(50)37(24(4)5)46-40(51)52-6/h10-13,17-21,23-24,32,37H,7-9,14-16,22H2,1-6H3,(H,42,44)(H,43,45)(H,46,51)/t32-,37-/m0/s1. The van der Waals surface area contributed by atoms with Crippen LogP contribution in [-0.2, 0) is 20.9 Å². The number of furan rings is 1. The molecule has 3 amide bonds. The first-order valence-electron chi connectivity index (χ1n) is 18.3. The lowest BCUT2D eigenvalue weighted by molar-refractivity contribution is -0.135. The maximum atomic E-state index is 15.6. The number of likely N-dealkylation sites (tertiary alicyclic amines) is 1. The number of halogens is 1. The van der Waals surface area contributed by atoms with Crippen LogP contribution < -0.4 is 5.32 Å². The molecule has 53 heavy (non-hydrogen) atoms. The lowest BCUT2D eigenvalue weighted by Crippen LogP contribution is -2.51. The number of carbonyl (C=O) groups excluding carboxylic acids is 3. The highest BCUT2D eigenvalue weighted by atomic mass is 19.1. The second kappa shape index (κ2) is 16.1. The molecule has 1 aliphatic rings. The minimum Gasteiger partial charge on any atom is -0.456 e. The molecular formula is C40H48FN7O5. The van der Waals surface area contributed by atoms with Crippen LogP contribution in [0, 0.1) is 17.7 Å². The number of imidazole rings is 2. The molecule has 5 aromatic rings. The Morgan fingerprint density at radius 2 is 1.81 bits per heavy atom. The zero-order valence-corrected chi connectivity index (χ0v) is 31.2. The number of nitrogens with one attached hydrogen (secondary N) is 3. The van der Waals surface area contributed by atoms with Gasteiger partial charge in [0, 0.05) is 41.6 Å². The highest BCUT2D eigenvalue weighted by molar-refractivity contribution is 5.88. The lowest BCUT2D eigenvalue weighted by Gasteiger charge is -2.30. The predicted octanol–water partition coefficient (Wildman–Crippen LogP) is 7.85. The van der Waals surface area contributed by atoms with Crippen LogP contribution in [0.1, 0.15) is 78.0 Å². The summed E-state index contributed by atoms with van der Waals surface area (Å²) >= 11 is 0. The third-order valence-electron chi connectivity index (χ3n) is 9.61. The number of carbonyl (C=O) groups is 3. The van der Waals surface area contributed by atoms with Crippen molar-refractivity contribution in [3.05, 3.63) is 72.3 Å². The van der Waals surface area contributed by atoms with Gasteiger partial charge in [-0.05, 0) is 67.5 Å². The molecule has 1 saturated heterocycles. The van der Waals surface area contributed by atoms with E-state index in [1.54, 1.807) is 28.3 Å². The number of hydrogen-bond acceptors (Lipinski definition) is 7. The van der Waals surface area contributed by atoms with Gasteiger partial charge >= 0.3 is 6.09 Å². The van der Waals surface area contributed by atoms with Gasteiger partial charge in [0.25, 0.3) is 0 Å². The lowest BCUT2D eigenvalue weighted by atomic mass is 10.0. The molecule has 2 atom stereocenters. The summed E-state index contributed by atoms with van der Waals surface area (Å²) < 4.78 is 26.5. The number of benzene rings is 2. The quantitative estimate of drug-likeness (QED) is 0.112. The van der Waals surface area contributed by atoms with Crippen LogP contribution in [0.4, 0.5) is 9.18 Å². The normalized spacial score (nSPS) is 15.0. The van der Waals surface area contributed by atoms with Gasteiger partial charge in [-0.15, -0.1) is 0 Å². The number of rotatable bonds is 13. The van der Waals surface area contributed by atoms with Crippen LogP contribution >= 0.6 is 0 Å². The van der Waals surface area contributed by atoms with E-state index >= 15 is 4.39 Å². The maximum absolute atomic E-state index is 15.6. The molecule has 12 nitrogen and oxygen atoms in total. The molecule has 0 radical (unpaired) electrons. The van der Waals surface area contributed by atoms with Crippen molar-refractivity contribution in [1.29, 1.82) is 0 Å². The summed E-state index contributed by atoms with van der Waals surface area (Å²) in [5.41, 5.74) is 3.82. The number of alkyl carbamates (subject to hydrolysis) is 1. The van der Waals surface area contributed by atoms with Gasteiger partial charge < -0.3 is 34.2 Å². The van der Waals surface area contributed by atoms with Crippen LogP contribution in [0.15, 0.2) is 59.3 Å². The predicted molar refractivity (Wildman–Crippen MR) is 200 cm³/mol. The largest absolute Gasteiger partial charge is 0.456 e. The maximum Gasteiger partial charge on any atom is 0.407 e. The molecule has 0 bridgehead atoms. The van der Waals surface area contributed by atoms with E-state index in [1.807, 2.05) is 65.0 Å². The Morgan fingerprint density at radius 3 is 2.53 bits per heavy atom. The molecule has 3 aromatic heterocycles. The van der Waals surface area contributed by atoms with E-state index in [2.05, 4.69) is 25.3 Å². The van der Waals surface area contributed by atoms with E-state index in [1.165, 1.54) is 13.2 Å². The van der Waals surface area contributed by atoms with E-state index in [0.717, 1.165) is 35.9 Å². The van der Waals surface area contributed by atoms with Gasteiger partial charge in [-0.1, -0.05) is 40.7 Å². The Morgan fingerprint density at radius 1 is 1.04 bits per heavy atom. The Bertz CT molecular complexity index is 2080. The molecule has 0 unspecified atom stereocenters. The van der Waals surface area contributed by atoms with Crippen LogP contribution in [0.3, 0.4) is 0 Å². The van der Waals surface area contributed by atoms with E-state index in [-0.39, 0.29) is 29.7 Å². The summed E-state index contributed by atoms with van der Waals surface area (Å²) in [6.45, 7) is 11.4. The average Bonchev–Trinajstić information content (AvgIpc) is 3.95. The molecule has 2 aromatic carbocycles. The van der Waals surface area contributed by atoms with Crippen LogP contribution in [0.25, 0.3) is 44.8 Å². The second-order valence-corrected chi connectivity index (χ2v) is 14.4. The zero-order chi connectivity index (χ0) is 37.8. The van der Waals surface area contributed by atoms with Gasteiger partial charge in [-0.3, -0.25) is 9.59 Å². The summed E-state index contributed by atoms with van der Waals surface area (Å²) in [5.74, 6) is 1.44. The molecule has 6 rings (SSSR count). The summed E-state index contributed by atoms with van der Waals surface area (Å²) in [7, 11) is 1.28. The first-order chi connectivity index (χ1) is 25.4. The van der Waals surface area contributed by atoms with Crippen molar-refractivity contribution in [1.82, 2.24) is 35.1 Å². The zero-order valence-electron chi connectivity index (χ0n) is 31.2. The molecule has 280 valence electrons. The summed E-state index contributed by atoms with van der Waals surface area (Å²) in [5, 5.41) is 3.52. The number of aromatic nitrogens is 4. The molecule has 0 saturated carbocycles. The molecule has 3 N–H and O–H groups in total. The Kier molecular flexibility index (Phi) is 11.3. The number of nitrogens with zero attached hydrogens (tertiary/aromatic N) is 4. The van der Waals surface area contributed by atoms with Gasteiger partial charge in [-0.2, -0.15) is 0 Å². The van der Waals surface area contributed by atoms with Crippen LogP contribution in [-0.4, -0.2) is 73.9 Å². The Balaban J connectivity index is 1.16. The molecule has 0 aliphatic carbocycles. The number of amides is 3. The van der Waals surface area contributed by atoms with Crippen LogP contribution in [0.5, 0.6) is 0 Å². The van der Waals surface area contributed by atoms with E-state index in [4.69, 9.17) is 9.15 Å².